The van der Waals surface area contributed by atoms with Gasteiger partial charge in [0.25, 0.3) is 0 Å². The van der Waals surface area contributed by atoms with Gasteiger partial charge in [0.15, 0.2) is 11.7 Å². The van der Waals surface area contributed by atoms with Gasteiger partial charge in [0.1, 0.15) is 0 Å². The number of anilines is 1. The lowest BCUT2D eigenvalue weighted by atomic mass is 10.2. The number of amides is 1. The average Bonchev–Trinajstić information content (AvgIpc) is 3.10. The van der Waals surface area contributed by atoms with E-state index >= 15 is 0 Å². The molecule has 0 aliphatic heterocycles. The van der Waals surface area contributed by atoms with Gasteiger partial charge in [-0.3, -0.25) is 4.79 Å². The summed E-state index contributed by atoms with van der Waals surface area (Å²) >= 11 is 8.91. The fourth-order valence-corrected chi connectivity index (χ4v) is 2.93. The number of aromatic nitrogens is 1. The molecule has 0 unspecified atom stereocenters. The van der Waals surface area contributed by atoms with Crippen molar-refractivity contribution in [3.63, 3.8) is 0 Å². The predicted octanol–water partition coefficient (Wildman–Crippen LogP) is 6.35. The zero-order valence-corrected chi connectivity index (χ0v) is 16.5. The second-order valence-corrected chi connectivity index (χ2v) is 7.19. The van der Waals surface area contributed by atoms with Gasteiger partial charge in [-0.1, -0.05) is 39.7 Å². The molecule has 146 valence electrons. The minimum absolute atomic E-state index is 0.00423. The van der Waals surface area contributed by atoms with E-state index < -0.39 is 22.7 Å². The first-order valence-corrected chi connectivity index (χ1v) is 9.27. The highest BCUT2D eigenvalue weighted by atomic mass is 79.9. The molecule has 0 atom stereocenters. The Bertz CT molecular complexity index is 988. The first-order chi connectivity index (χ1) is 13.2. The maximum Gasteiger partial charge on any atom is 0.417 e. The van der Waals surface area contributed by atoms with Gasteiger partial charge < -0.3 is 9.73 Å². The third kappa shape index (κ3) is 5.14. The van der Waals surface area contributed by atoms with Crippen molar-refractivity contribution in [2.75, 3.05) is 5.32 Å². The Labute approximate surface area is 171 Å². The summed E-state index contributed by atoms with van der Waals surface area (Å²) in [6.07, 6.45) is -2.82. The van der Waals surface area contributed by atoms with Gasteiger partial charge in [-0.05, 0) is 30.3 Å². The summed E-state index contributed by atoms with van der Waals surface area (Å²) in [4.78, 5) is 16.2. The average molecular weight is 474 g/mol. The van der Waals surface area contributed by atoms with Crippen LogP contribution in [0.5, 0.6) is 0 Å². The van der Waals surface area contributed by atoms with E-state index in [1.54, 1.807) is 6.20 Å². The summed E-state index contributed by atoms with van der Waals surface area (Å²) in [5.74, 6) is 0.467. The number of nitrogens with one attached hydrogen (secondary N) is 1. The van der Waals surface area contributed by atoms with E-state index in [9.17, 15) is 18.0 Å². The Morgan fingerprint density at radius 2 is 1.89 bits per heavy atom. The SMILES string of the molecule is O=C(CCc1ncc(-c2ccc(Br)cc2)o1)Nc1ccc(Cl)c(C(F)(F)F)c1. The highest BCUT2D eigenvalue weighted by molar-refractivity contribution is 9.10. The van der Waals surface area contributed by atoms with E-state index in [0.717, 1.165) is 22.2 Å². The number of aryl methyl sites for hydroxylation is 1. The van der Waals surface area contributed by atoms with E-state index in [2.05, 4.69) is 26.2 Å². The second kappa shape index (κ2) is 8.36. The molecule has 0 saturated carbocycles. The highest BCUT2D eigenvalue weighted by Crippen LogP contribution is 2.36. The second-order valence-electron chi connectivity index (χ2n) is 5.87. The number of carbonyl (C=O) groups excluding carboxylic acids is 1. The monoisotopic (exact) mass is 472 g/mol. The van der Waals surface area contributed by atoms with Crippen LogP contribution in [0.25, 0.3) is 11.3 Å². The van der Waals surface area contributed by atoms with Gasteiger partial charge in [-0.15, -0.1) is 0 Å². The minimum Gasteiger partial charge on any atom is -0.441 e. The normalized spacial score (nSPS) is 11.5. The van der Waals surface area contributed by atoms with Crippen molar-refractivity contribution in [1.82, 2.24) is 4.98 Å². The van der Waals surface area contributed by atoms with Crippen LogP contribution < -0.4 is 5.32 Å². The van der Waals surface area contributed by atoms with E-state index in [-0.39, 0.29) is 18.5 Å². The molecular formula is C19H13BrClF3N2O2. The fraction of sp³-hybridized carbons (Fsp3) is 0.158. The first kappa shape index (κ1) is 20.4. The summed E-state index contributed by atoms with van der Waals surface area (Å²) in [5.41, 5.74) is -0.143. The number of oxazole rings is 1. The van der Waals surface area contributed by atoms with Gasteiger partial charge in [0.2, 0.25) is 5.91 Å². The Morgan fingerprint density at radius 3 is 2.57 bits per heavy atom. The lowest BCUT2D eigenvalue weighted by Gasteiger charge is -2.11. The number of nitrogens with zero attached hydrogens (tertiary/aromatic N) is 1. The molecule has 3 rings (SSSR count). The van der Waals surface area contributed by atoms with Gasteiger partial charge in [-0.25, -0.2) is 4.98 Å². The Balaban J connectivity index is 1.60. The maximum absolute atomic E-state index is 12.9. The number of alkyl halides is 3. The summed E-state index contributed by atoms with van der Waals surface area (Å²) in [6, 6.07) is 10.7. The van der Waals surface area contributed by atoms with E-state index in [1.807, 2.05) is 24.3 Å². The number of hydrogen-bond acceptors (Lipinski definition) is 3. The Kier molecular flexibility index (Phi) is 6.10. The molecule has 3 aromatic rings. The van der Waals surface area contributed by atoms with Crippen molar-refractivity contribution in [1.29, 1.82) is 0 Å². The number of rotatable bonds is 5. The van der Waals surface area contributed by atoms with Crippen LogP contribution in [0, 0.1) is 0 Å². The standard InChI is InChI=1S/C19H13BrClF3N2O2/c20-12-3-1-11(2-4-12)16-10-25-18(28-16)8-7-17(27)26-13-5-6-15(21)14(9-13)19(22,23)24/h1-6,9-10H,7-8H2,(H,26,27). The van der Waals surface area contributed by atoms with Crippen LogP contribution in [-0.4, -0.2) is 10.9 Å². The smallest absolute Gasteiger partial charge is 0.417 e. The maximum atomic E-state index is 12.9. The highest BCUT2D eigenvalue weighted by Gasteiger charge is 2.33. The molecule has 0 bridgehead atoms. The molecule has 0 saturated heterocycles. The molecule has 1 amide bonds. The molecule has 0 spiro atoms. The molecule has 1 heterocycles. The molecule has 1 aromatic heterocycles. The van der Waals surface area contributed by atoms with Crippen molar-refractivity contribution in [3.05, 3.63) is 69.6 Å². The summed E-state index contributed by atoms with van der Waals surface area (Å²) in [7, 11) is 0. The third-order valence-electron chi connectivity index (χ3n) is 3.80. The van der Waals surface area contributed by atoms with Crippen molar-refractivity contribution < 1.29 is 22.4 Å². The van der Waals surface area contributed by atoms with Gasteiger partial charge >= 0.3 is 6.18 Å². The zero-order chi connectivity index (χ0) is 20.3. The quantitative estimate of drug-likeness (QED) is 0.470. The van der Waals surface area contributed by atoms with Crippen LogP contribution in [0.4, 0.5) is 18.9 Å². The molecular weight excluding hydrogens is 461 g/mol. The van der Waals surface area contributed by atoms with Crippen LogP contribution in [0.1, 0.15) is 17.9 Å². The summed E-state index contributed by atoms with van der Waals surface area (Å²) in [6.45, 7) is 0. The van der Waals surface area contributed by atoms with Gasteiger partial charge in [0, 0.05) is 28.6 Å². The Hall–Kier alpha value is -2.32. The van der Waals surface area contributed by atoms with E-state index in [4.69, 9.17) is 16.0 Å². The molecule has 1 N–H and O–H groups in total. The lowest BCUT2D eigenvalue weighted by Crippen LogP contribution is -2.14. The van der Waals surface area contributed by atoms with Crippen molar-refractivity contribution in [2.24, 2.45) is 0 Å². The van der Waals surface area contributed by atoms with Crippen molar-refractivity contribution in [3.8, 4) is 11.3 Å². The number of hydrogen-bond donors (Lipinski definition) is 1. The molecule has 4 nitrogen and oxygen atoms in total. The van der Waals surface area contributed by atoms with Crippen molar-refractivity contribution >= 4 is 39.1 Å². The van der Waals surface area contributed by atoms with E-state index in [0.29, 0.717) is 11.7 Å². The van der Waals surface area contributed by atoms with Crippen LogP contribution in [-0.2, 0) is 17.4 Å². The van der Waals surface area contributed by atoms with Crippen LogP contribution >= 0.6 is 27.5 Å². The number of carbonyl (C=O) groups is 1. The molecule has 0 fully saturated rings. The van der Waals surface area contributed by atoms with Gasteiger partial charge in [-0.2, -0.15) is 13.2 Å². The van der Waals surface area contributed by atoms with E-state index in [1.165, 1.54) is 6.07 Å². The largest absolute Gasteiger partial charge is 0.441 e. The molecule has 2 aromatic carbocycles. The zero-order valence-electron chi connectivity index (χ0n) is 14.2. The number of benzene rings is 2. The number of halogens is 5. The van der Waals surface area contributed by atoms with Crippen molar-refractivity contribution in [2.45, 2.75) is 19.0 Å². The third-order valence-corrected chi connectivity index (χ3v) is 4.66. The molecule has 0 aliphatic rings. The van der Waals surface area contributed by atoms with Gasteiger partial charge in [0.05, 0.1) is 16.8 Å². The summed E-state index contributed by atoms with van der Waals surface area (Å²) < 4.78 is 45.2. The molecule has 0 radical (unpaired) electrons. The summed E-state index contributed by atoms with van der Waals surface area (Å²) in [5, 5.41) is 2.00. The Morgan fingerprint density at radius 1 is 1.18 bits per heavy atom. The predicted molar refractivity (Wildman–Crippen MR) is 103 cm³/mol. The molecule has 9 heteroatoms. The topological polar surface area (TPSA) is 55.1 Å². The minimum atomic E-state index is -4.60. The first-order valence-electron chi connectivity index (χ1n) is 8.09. The lowest BCUT2D eigenvalue weighted by molar-refractivity contribution is -0.137. The molecule has 0 aliphatic carbocycles. The molecule has 28 heavy (non-hydrogen) atoms. The van der Waals surface area contributed by atoms with Crippen LogP contribution in [0.2, 0.25) is 5.02 Å². The van der Waals surface area contributed by atoms with Crippen LogP contribution in [0.3, 0.4) is 0 Å². The fourth-order valence-electron chi connectivity index (χ4n) is 2.44. The van der Waals surface area contributed by atoms with Crippen LogP contribution in [0.15, 0.2) is 57.6 Å².